The number of nitrogens with one attached hydrogen (secondary N) is 1. The van der Waals surface area contributed by atoms with Crippen molar-refractivity contribution in [3.8, 4) is 11.5 Å². The summed E-state index contributed by atoms with van der Waals surface area (Å²) in [6, 6.07) is 4.26. The third-order valence-electron chi connectivity index (χ3n) is 3.75. The molecule has 0 aliphatic carbocycles. The molecule has 2 heterocycles. The fourth-order valence-electron chi connectivity index (χ4n) is 2.77. The molecule has 0 unspecified atom stereocenters. The molecule has 0 radical (unpaired) electrons. The van der Waals surface area contributed by atoms with Gasteiger partial charge in [-0.25, -0.2) is 0 Å². The highest BCUT2D eigenvalue weighted by atomic mass is 32.2. The molecule has 1 aromatic rings. The summed E-state index contributed by atoms with van der Waals surface area (Å²) in [6.07, 6.45) is 5.84. The topological polar surface area (TPSA) is 30.5 Å². The van der Waals surface area contributed by atoms with E-state index < -0.39 is 0 Å². The summed E-state index contributed by atoms with van der Waals surface area (Å²) in [4.78, 5) is 1.27. The van der Waals surface area contributed by atoms with Crippen molar-refractivity contribution in [2.24, 2.45) is 5.92 Å². The number of hydrogen-bond donors (Lipinski definition) is 1. The van der Waals surface area contributed by atoms with E-state index in [1.165, 1.54) is 23.3 Å². The van der Waals surface area contributed by atoms with E-state index in [9.17, 15) is 0 Å². The summed E-state index contributed by atoms with van der Waals surface area (Å²) in [6.45, 7) is 2.67. The van der Waals surface area contributed by atoms with Crippen molar-refractivity contribution in [3.05, 3.63) is 17.7 Å². The lowest BCUT2D eigenvalue weighted by molar-refractivity contribution is 0.172. The van der Waals surface area contributed by atoms with Gasteiger partial charge in [-0.2, -0.15) is 0 Å². The smallest absolute Gasteiger partial charge is 0.231 e. The van der Waals surface area contributed by atoms with E-state index in [1.54, 1.807) is 11.8 Å². The molecule has 18 heavy (non-hydrogen) atoms. The monoisotopic (exact) mass is 265 g/mol. The highest BCUT2D eigenvalue weighted by Crippen LogP contribution is 2.43. The Bertz CT molecular complexity index is 430. The molecule has 3 rings (SSSR count). The Kier molecular flexibility index (Phi) is 3.66. The molecule has 98 valence electrons. The Morgan fingerprint density at radius 3 is 2.89 bits per heavy atom. The van der Waals surface area contributed by atoms with Gasteiger partial charge < -0.3 is 14.8 Å². The van der Waals surface area contributed by atoms with Gasteiger partial charge in [-0.05, 0) is 56.2 Å². The number of piperidine rings is 1. The van der Waals surface area contributed by atoms with E-state index in [0.717, 1.165) is 36.9 Å². The molecule has 2 aliphatic rings. The minimum absolute atomic E-state index is 0.361. The molecule has 0 bridgehead atoms. The predicted molar refractivity (Wildman–Crippen MR) is 73.6 cm³/mol. The summed E-state index contributed by atoms with van der Waals surface area (Å²) in [7, 11) is 0. The van der Waals surface area contributed by atoms with Gasteiger partial charge in [0, 0.05) is 0 Å². The fourth-order valence-corrected chi connectivity index (χ4v) is 3.53. The minimum atomic E-state index is 0.361. The van der Waals surface area contributed by atoms with Crippen LogP contribution in [0.3, 0.4) is 0 Å². The van der Waals surface area contributed by atoms with Crippen molar-refractivity contribution in [2.45, 2.75) is 24.2 Å². The first-order valence-corrected chi connectivity index (χ1v) is 7.77. The second kappa shape index (κ2) is 5.41. The van der Waals surface area contributed by atoms with Gasteiger partial charge >= 0.3 is 0 Å². The van der Waals surface area contributed by atoms with Crippen LogP contribution in [-0.2, 0) is 6.42 Å². The van der Waals surface area contributed by atoms with Gasteiger partial charge in [0.05, 0.1) is 4.90 Å². The van der Waals surface area contributed by atoms with Gasteiger partial charge in [0.15, 0.2) is 11.5 Å². The van der Waals surface area contributed by atoms with Crippen LogP contribution in [0.15, 0.2) is 17.0 Å². The number of ether oxygens (including phenoxy) is 2. The standard InChI is InChI=1S/C14H19NO2S/c1-18-14-11(8-10-4-6-15-7-5-10)2-3-12-13(14)17-9-16-12/h2-3,10,15H,4-9H2,1H3. The number of rotatable bonds is 3. The van der Waals surface area contributed by atoms with Crippen molar-refractivity contribution in [1.82, 2.24) is 5.32 Å². The van der Waals surface area contributed by atoms with E-state index in [4.69, 9.17) is 9.47 Å². The summed E-state index contributed by atoms with van der Waals surface area (Å²) < 4.78 is 11.0. The van der Waals surface area contributed by atoms with Crippen molar-refractivity contribution >= 4 is 11.8 Å². The van der Waals surface area contributed by atoms with E-state index in [1.807, 2.05) is 0 Å². The molecule has 1 saturated heterocycles. The molecule has 1 N–H and O–H groups in total. The Balaban J connectivity index is 1.82. The second-order valence-corrected chi connectivity index (χ2v) is 5.71. The zero-order valence-corrected chi connectivity index (χ0v) is 11.5. The van der Waals surface area contributed by atoms with E-state index in [0.29, 0.717) is 6.79 Å². The van der Waals surface area contributed by atoms with Crippen molar-refractivity contribution < 1.29 is 9.47 Å². The molecule has 0 saturated carbocycles. The van der Waals surface area contributed by atoms with Gasteiger partial charge in [-0.3, -0.25) is 0 Å². The largest absolute Gasteiger partial charge is 0.454 e. The van der Waals surface area contributed by atoms with E-state index >= 15 is 0 Å². The molecular weight excluding hydrogens is 246 g/mol. The molecule has 0 spiro atoms. The van der Waals surface area contributed by atoms with Crippen LogP contribution in [0.4, 0.5) is 0 Å². The molecule has 0 aromatic heterocycles. The summed E-state index contributed by atoms with van der Waals surface area (Å²) >= 11 is 1.77. The molecule has 0 atom stereocenters. The minimum Gasteiger partial charge on any atom is -0.454 e. The maximum Gasteiger partial charge on any atom is 0.231 e. The lowest BCUT2D eigenvalue weighted by atomic mass is 9.91. The molecule has 2 aliphatic heterocycles. The maximum atomic E-state index is 5.59. The molecule has 1 fully saturated rings. The van der Waals surface area contributed by atoms with Crippen LogP contribution in [-0.4, -0.2) is 26.1 Å². The molecular formula is C14H19NO2S. The van der Waals surface area contributed by atoms with Gasteiger partial charge in [0.1, 0.15) is 0 Å². The summed E-state index contributed by atoms with van der Waals surface area (Å²) in [5, 5.41) is 3.42. The van der Waals surface area contributed by atoms with E-state index in [2.05, 4.69) is 23.7 Å². The fraction of sp³-hybridized carbons (Fsp3) is 0.571. The van der Waals surface area contributed by atoms with Crippen molar-refractivity contribution in [2.75, 3.05) is 26.1 Å². The third kappa shape index (κ3) is 2.31. The van der Waals surface area contributed by atoms with Crippen molar-refractivity contribution in [3.63, 3.8) is 0 Å². The van der Waals surface area contributed by atoms with E-state index in [-0.39, 0.29) is 0 Å². The van der Waals surface area contributed by atoms with Crippen LogP contribution in [0.5, 0.6) is 11.5 Å². The molecule has 1 aromatic carbocycles. The molecule has 3 nitrogen and oxygen atoms in total. The van der Waals surface area contributed by atoms with Crippen LogP contribution in [0.2, 0.25) is 0 Å². The first kappa shape index (κ1) is 12.2. The zero-order valence-electron chi connectivity index (χ0n) is 10.7. The van der Waals surface area contributed by atoms with Crippen LogP contribution >= 0.6 is 11.8 Å². The van der Waals surface area contributed by atoms with Crippen LogP contribution in [0.1, 0.15) is 18.4 Å². The van der Waals surface area contributed by atoms with Gasteiger partial charge in [0.2, 0.25) is 6.79 Å². The Morgan fingerprint density at radius 1 is 1.28 bits per heavy atom. The third-order valence-corrected chi connectivity index (χ3v) is 4.60. The maximum absolute atomic E-state index is 5.59. The number of benzene rings is 1. The first-order valence-electron chi connectivity index (χ1n) is 6.54. The average molecular weight is 265 g/mol. The SMILES string of the molecule is CSc1c(CC2CCNCC2)ccc2c1OCO2. The first-order chi connectivity index (χ1) is 8.88. The zero-order chi connectivity index (χ0) is 12.4. The van der Waals surface area contributed by atoms with Gasteiger partial charge in [-0.1, -0.05) is 6.07 Å². The number of fused-ring (bicyclic) bond motifs is 1. The average Bonchev–Trinajstić information content (AvgIpc) is 2.88. The normalized spacial score (nSPS) is 19.2. The van der Waals surface area contributed by atoms with Crippen molar-refractivity contribution in [1.29, 1.82) is 0 Å². The van der Waals surface area contributed by atoms with Crippen LogP contribution < -0.4 is 14.8 Å². The van der Waals surface area contributed by atoms with Crippen LogP contribution in [0, 0.1) is 5.92 Å². The van der Waals surface area contributed by atoms with Gasteiger partial charge in [-0.15, -0.1) is 11.8 Å². The summed E-state index contributed by atoms with van der Waals surface area (Å²) in [5.74, 6) is 2.65. The lowest BCUT2D eigenvalue weighted by Crippen LogP contribution is -2.28. The highest BCUT2D eigenvalue weighted by Gasteiger charge is 2.22. The molecule has 0 amide bonds. The predicted octanol–water partition coefficient (Wildman–Crippen LogP) is 2.68. The Hall–Kier alpha value is -0.870. The second-order valence-electron chi connectivity index (χ2n) is 4.89. The summed E-state index contributed by atoms with van der Waals surface area (Å²) in [5.41, 5.74) is 1.42. The highest BCUT2D eigenvalue weighted by molar-refractivity contribution is 7.98. The molecule has 4 heteroatoms. The quantitative estimate of drug-likeness (QED) is 0.851. The Labute approximate surface area is 112 Å². The number of thioether (sulfide) groups is 1. The van der Waals surface area contributed by atoms with Gasteiger partial charge in [0.25, 0.3) is 0 Å². The van der Waals surface area contributed by atoms with Crippen LogP contribution in [0.25, 0.3) is 0 Å². The number of hydrogen-bond acceptors (Lipinski definition) is 4. The lowest BCUT2D eigenvalue weighted by Gasteiger charge is -2.23. The Morgan fingerprint density at radius 2 is 2.11 bits per heavy atom.